The first-order chi connectivity index (χ1) is 9.86. The molecule has 0 saturated heterocycles. The second-order valence-electron chi connectivity index (χ2n) is 5.44. The molecule has 1 rings (SSSR count). The zero-order valence-corrected chi connectivity index (χ0v) is 13.3. The molecule has 0 heterocycles. The number of benzene rings is 1. The minimum absolute atomic E-state index is 0.602. The fraction of sp³-hybridized carbons (Fsp3) is 0.667. The van der Waals surface area contributed by atoms with E-state index >= 15 is 0 Å². The summed E-state index contributed by atoms with van der Waals surface area (Å²) >= 11 is 0. The number of unbranched alkanes of at least 4 members (excludes halogenated alkanes) is 5. The number of rotatable bonds is 12. The standard InChI is InChI=1S/C18H31NO/c1-3-5-6-7-8-9-10-17-11-13-18(14-12-17)19-16-20-15-4-2/h11-14,19H,3-10,15-16H2,1-2H3. The van der Waals surface area contributed by atoms with Crippen LogP contribution in [0.25, 0.3) is 0 Å². The second kappa shape index (κ2) is 11.8. The van der Waals surface area contributed by atoms with Crippen LogP contribution in [0.4, 0.5) is 5.69 Å². The van der Waals surface area contributed by atoms with Crippen LogP contribution in [0.3, 0.4) is 0 Å². The summed E-state index contributed by atoms with van der Waals surface area (Å²) in [6, 6.07) is 8.77. The van der Waals surface area contributed by atoms with Gasteiger partial charge in [-0.1, -0.05) is 58.1 Å². The molecule has 0 radical (unpaired) electrons. The van der Waals surface area contributed by atoms with Crippen molar-refractivity contribution in [3.05, 3.63) is 29.8 Å². The Morgan fingerprint density at radius 1 is 0.850 bits per heavy atom. The molecule has 20 heavy (non-hydrogen) atoms. The molecule has 0 aliphatic heterocycles. The quantitative estimate of drug-likeness (QED) is 0.409. The lowest BCUT2D eigenvalue weighted by atomic mass is 10.0. The van der Waals surface area contributed by atoms with E-state index in [-0.39, 0.29) is 0 Å². The maximum atomic E-state index is 5.42. The van der Waals surface area contributed by atoms with Crippen molar-refractivity contribution in [2.45, 2.75) is 65.2 Å². The largest absolute Gasteiger partial charge is 0.363 e. The molecule has 0 aliphatic rings. The van der Waals surface area contributed by atoms with E-state index in [9.17, 15) is 0 Å². The first-order valence-electron chi connectivity index (χ1n) is 8.27. The summed E-state index contributed by atoms with van der Waals surface area (Å²) < 4.78 is 5.42. The van der Waals surface area contributed by atoms with Crippen LogP contribution in [-0.2, 0) is 11.2 Å². The molecule has 1 aromatic rings. The predicted molar refractivity (Wildman–Crippen MR) is 88.3 cm³/mol. The van der Waals surface area contributed by atoms with Gasteiger partial charge in [0.25, 0.3) is 0 Å². The Bertz CT molecular complexity index is 321. The van der Waals surface area contributed by atoms with E-state index < -0.39 is 0 Å². The van der Waals surface area contributed by atoms with Gasteiger partial charge in [0.2, 0.25) is 0 Å². The van der Waals surface area contributed by atoms with Crippen molar-refractivity contribution < 1.29 is 4.74 Å². The molecule has 2 nitrogen and oxygen atoms in total. The van der Waals surface area contributed by atoms with Crippen molar-refractivity contribution >= 4 is 5.69 Å². The number of ether oxygens (including phenoxy) is 1. The third-order valence-corrected chi connectivity index (χ3v) is 3.50. The highest BCUT2D eigenvalue weighted by Gasteiger charge is 1.96. The molecule has 0 spiro atoms. The Morgan fingerprint density at radius 2 is 1.55 bits per heavy atom. The zero-order chi connectivity index (χ0) is 14.5. The Morgan fingerprint density at radius 3 is 2.25 bits per heavy atom. The average molecular weight is 277 g/mol. The molecule has 0 unspecified atom stereocenters. The fourth-order valence-electron chi connectivity index (χ4n) is 2.25. The van der Waals surface area contributed by atoms with Gasteiger partial charge < -0.3 is 10.1 Å². The lowest BCUT2D eigenvalue weighted by Gasteiger charge is -2.08. The van der Waals surface area contributed by atoms with Gasteiger partial charge in [-0.15, -0.1) is 0 Å². The van der Waals surface area contributed by atoms with Gasteiger partial charge in [0.05, 0.1) is 0 Å². The van der Waals surface area contributed by atoms with Gasteiger partial charge in [0.15, 0.2) is 0 Å². The van der Waals surface area contributed by atoms with Crippen LogP contribution in [0.2, 0.25) is 0 Å². The van der Waals surface area contributed by atoms with E-state index in [4.69, 9.17) is 4.74 Å². The molecule has 0 bridgehead atoms. The van der Waals surface area contributed by atoms with Crippen LogP contribution in [0.1, 0.15) is 64.4 Å². The highest BCUT2D eigenvalue weighted by Crippen LogP contribution is 2.13. The minimum atomic E-state index is 0.602. The maximum Gasteiger partial charge on any atom is 0.116 e. The van der Waals surface area contributed by atoms with E-state index in [1.165, 1.54) is 50.5 Å². The topological polar surface area (TPSA) is 21.3 Å². The fourth-order valence-corrected chi connectivity index (χ4v) is 2.25. The number of anilines is 1. The van der Waals surface area contributed by atoms with E-state index in [1.807, 2.05) is 0 Å². The van der Waals surface area contributed by atoms with Crippen LogP contribution >= 0.6 is 0 Å². The summed E-state index contributed by atoms with van der Waals surface area (Å²) in [5, 5.41) is 3.27. The van der Waals surface area contributed by atoms with E-state index in [1.54, 1.807) is 0 Å². The Labute approximate surface area is 124 Å². The summed E-state index contributed by atoms with van der Waals surface area (Å²) in [4.78, 5) is 0. The van der Waals surface area contributed by atoms with Crippen LogP contribution in [0, 0.1) is 0 Å². The van der Waals surface area contributed by atoms with Gasteiger partial charge in [-0.3, -0.25) is 0 Å². The van der Waals surface area contributed by atoms with E-state index in [0.29, 0.717) is 6.73 Å². The summed E-state index contributed by atoms with van der Waals surface area (Å²) in [5.74, 6) is 0. The minimum Gasteiger partial charge on any atom is -0.363 e. The maximum absolute atomic E-state index is 5.42. The molecule has 1 aromatic carbocycles. The molecule has 114 valence electrons. The summed E-state index contributed by atoms with van der Waals surface area (Å²) in [7, 11) is 0. The molecular formula is C18H31NO. The van der Waals surface area contributed by atoms with Crippen molar-refractivity contribution in [2.75, 3.05) is 18.7 Å². The molecule has 0 aliphatic carbocycles. The summed E-state index contributed by atoms with van der Waals surface area (Å²) in [6.45, 7) is 5.81. The van der Waals surface area contributed by atoms with Gasteiger partial charge in [-0.05, 0) is 37.0 Å². The Kier molecular flexibility index (Phi) is 10.0. The molecule has 0 fully saturated rings. The number of nitrogens with one attached hydrogen (secondary N) is 1. The van der Waals surface area contributed by atoms with E-state index in [2.05, 4.69) is 43.4 Å². The third kappa shape index (κ3) is 8.21. The third-order valence-electron chi connectivity index (χ3n) is 3.50. The molecule has 0 atom stereocenters. The first-order valence-corrected chi connectivity index (χ1v) is 8.27. The Hall–Kier alpha value is -1.02. The monoisotopic (exact) mass is 277 g/mol. The van der Waals surface area contributed by atoms with Crippen molar-refractivity contribution in [3.8, 4) is 0 Å². The van der Waals surface area contributed by atoms with Crippen LogP contribution in [0.5, 0.6) is 0 Å². The highest BCUT2D eigenvalue weighted by molar-refractivity contribution is 5.44. The van der Waals surface area contributed by atoms with Gasteiger partial charge >= 0.3 is 0 Å². The highest BCUT2D eigenvalue weighted by atomic mass is 16.5. The van der Waals surface area contributed by atoms with Crippen molar-refractivity contribution in [1.29, 1.82) is 0 Å². The predicted octanol–water partition coefficient (Wildman–Crippen LogP) is 5.39. The van der Waals surface area contributed by atoms with Crippen LogP contribution in [-0.4, -0.2) is 13.3 Å². The summed E-state index contributed by atoms with van der Waals surface area (Å²) in [6.07, 6.45) is 10.5. The van der Waals surface area contributed by atoms with Crippen molar-refractivity contribution in [2.24, 2.45) is 0 Å². The van der Waals surface area contributed by atoms with Gasteiger partial charge in [-0.25, -0.2) is 0 Å². The van der Waals surface area contributed by atoms with Gasteiger partial charge in [0.1, 0.15) is 6.73 Å². The summed E-state index contributed by atoms with van der Waals surface area (Å²) in [5.41, 5.74) is 2.59. The number of hydrogen-bond donors (Lipinski definition) is 1. The lowest BCUT2D eigenvalue weighted by Crippen LogP contribution is -2.06. The molecule has 0 aromatic heterocycles. The molecule has 1 N–H and O–H groups in total. The van der Waals surface area contributed by atoms with Crippen molar-refractivity contribution in [3.63, 3.8) is 0 Å². The zero-order valence-electron chi connectivity index (χ0n) is 13.3. The van der Waals surface area contributed by atoms with E-state index in [0.717, 1.165) is 18.7 Å². The second-order valence-corrected chi connectivity index (χ2v) is 5.44. The number of hydrogen-bond acceptors (Lipinski definition) is 2. The van der Waals surface area contributed by atoms with Crippen molar-refractivity contribution in [1.82, 2.24) is 0 Å². The van der Waals surface area contributed by atoms with Gasteiger partial charge in [-0.2, -0.15) is 0 Å². The van der Waals surface area contributed by atoms with Gasteiger partial charge in [0, 0.05) is 12.3 Å². The molecule has 2 heteroatoms. The molecule has 0 amide bonds. The smallest absolute Gasteiger partial charge is 0.116 e. The first kappa shape index (κ1) is 17.0. The van der Waals surface area contributed by atoms with Crippen LogP contribution in [0.15, 0.2) is 24.3 Å². The lowest BCUT2D eigenvalue weighted by molar-refractivity contribution is 0.153. The SMILES string of the molecule is CCCCCCCCc1ccc(NCOCCC)cc1. The molecular weight excluding hydrogens is 246 g/mol. The molecule has 0 saturated carbocycles. The van der Waals surface area contributed by atoms with Crippen LogP contribution < -0.4 is 5.32 Å². The number of aryl methyl sites for hydroxylation is 1. The average Bonchev–Trinajstić information content (AvgIpc) is 2.49. The normalized spacial score (nSPS) is 10.7. The Balaban J connectivity index is 2.12.